The van der Waals surface area contributed by atoms with Crippen molar-refractivity contribution in [3.63, 3.8) is 0 Å². The Morgan fingerprint density at radius 2 is 2.23 bits per heavy atom. The monoisotopic (exact) mass is 245 g/mol. The van der Waals surface area contributed by atoms with E-state index in [9.17, 15) is 9.90 Å². The van der Waals surface area contributed by atoms with Crippen molar-refractivity contribution < 1.29 is 9.90 Å². The average molecular weight is 246 g/mol. The number of hydrazone groups is 1. The molecule has 0 saturated carbocycles. The van der Waals surface area contributed by atoms with Gasteiger partial charge in [-0.05, 0) is 0 Å². The molecule has 0 aromatic heterocycles. The summed E-state index contributed by atoms with van der Waals surface area (Å²) in [6, 6.07) is -0.984. The summed E-state index contributed by atoms with van der Waals surface area (Å²) >= 11 is 16.4. The maximum absolute atomic E-state index is 10.8. The summed E-state index contributed by atoms with van der Waals surface area (Å²) in [6.45, 7) is 0. The Labute approximate surface area is 89.0 Å². The molecule has 8 heteroatoms. The Balaban J connectivity index is 2.99. The molecular formula is C5H6Cl3N3O2. The van der Waals surface area contributed by atoms with Gasteiger partial charge in [0, 0.05) is 12.6 Å². The van der Waals surface area contributed by atoms with E-state index in [1.165, 1.54) is 6.21 Å². The Bertz CT molecular complexity index is 264. The fourth-order valence-corrected chi connectivity index (χ4v) is 1.38. The number of aliphatic hydroxyl groups is 1. The highest BCUT2D eigenvalue weighted by molar-refractivity contribution is 6.68. The largest absolute Gasteiger partial charge is 0.365 e. The first-order valence-corrected chi connectivity index (χ1v) is 4.33. The van der Waals surface area contributed by atoms with Gasteiger partial charge in [-0.15, -0.1) is 0 Å². The van der Waals surface area contributed by atoms with Crippen LogP contribution in [0.2, 0.25) is 0 Å². The molecule has 1 heterocycles. The first-order chi connectivity index (χ1) is 5.79. The van der Waals surface area contributed by atoms with E-state index in [1.54, 1.807) is 0 Å². The molecule has 3 N–H and O–H groups in total. The van der Waals surface area contributed by atoms with Gasteiger partial charge in [-0.2, -0.15) is 10.1 Å². The van der Waals surface area contributed by atoms with Crippen molar-refractivity contribution in [3.8, 4) is 0 Å². The standard InChI is InChI=1S/C5H6Cl3N3O2/c6-5(7,8)4(13)1-2-10-11(4)3(9)12/h2,13H,1H2,(H2,9,12). The van der Waals surface area contributed by atoms with Crippen molar-refractivity contribution in [2.24, 2.45) is 10.8 Å². The SMILES string of the molecule is NC(=O)N1N=CCC1(O)C(Cl)(Cl)Cl. The number of urea groups is 1. The van der Waals surface area contributed by atoms with Gasteiger partial charge < -0.3 is 10.8 Å². The number of nitrogens with two attached hydrogens (primary N) is 1. The second kappa shape index (κ2) is 3.16. The quantitative estimate of drug-likeness (QED) is 0.621. The fraction of sp³-hybridized carbons (Fsp3) is 0.600. The van der Waals surface area contributed by atoms with Gasteiger partial charge in [-0.1, -0.05) is 34.8 Å². The van der Waals surface area contributed by atoms with Crippen LogP contribution in [0, 0.1) is 0 Å². The van der Waals surface area contributed by atoms with Crippen molar-refractivity contribution in [2.45, 2.75) is 15.9 Å². The Morgan fingerprint density at radius 1 is 1.69 bits per heavy atom. The van der Waals surface area contributed by atoms with E-state index in [0.29, 0.717) is 5.01 Å². The molecule has 1 rings (SSSR count). The molecule has 1 aliphatic rings. The van der Waals surface area contributed by atoms with Gasteiger partial charge in [0.2, 0.25) is 9.52 Å². The molecule has 2 amide bonds. The fourth-order valence-electron chi connectivity index (χ4n) is 0.907. The molecule has 1 atom stereocenters. The number of carbonyl (C=O) groups is 1. The third-order valence-corrected chi connectivity index (χ3v) is 2.49. The number of carbonyl (C=O) groups excluding carboxylic acids is 1. The van der Waals surface area contributed by atoms with E-state index in [0.717, 1.165) is 0 Å². The molecule has 0 aromatic rings. The van der Waals surface area contributed by atoms with Crippen LogP contribution in [0.25, 0.3) is 0 Å². The van der Waals surface area contributed by atoms with Crippen molar-refractivity contribution >= 4 is 47.0 Å². The minimum absolute atomic E-state index is 0.0769. The lowest BCUT2D eigenvalue weighted by molar-refractivity contribution is -0.0581. The van der Waals surface area contributed by atoms with Gasteiger partial charge in [0.15, 0.2) is 0 Å². The van der Waals surface area contributed by atoms with Gasteiger partial charge >= 0.3 is 6.03 Å². The van der Waals surface area contributed by atoms with E-state index >= 15 is 0 Å². The maximum atomic E-state index is 10.8. The Kier molecular flexibility index (Phi) is 2.64. The first kappa shape index (κ1) is 10.8. The third-order valence-electron chi connectivity index (χ3n) is 1.59. The van der Waals surface area contributed by atoms with Gasteiger partial charge in [0.25, 0.3) is 0 Å². The summed E-state index contributed by atoms with van der Waals surface area (Å²) in [4.78, 5) is 10.8. The molecule has 0 aliphatic carbocycles. The van der Waals surface area contributed by atoms with E-state index < -0.39 is 15.5 Å². The lowest BCUT2D eigenvalue weighted by Crippen LogP contribution is -2.56. The highest BCUT2D eigenvalue weighted by Gasteiger charge is 2.55. The zero-order chi connectivity index (χ0) is 10.3. The highest BCUT2D eigenvalue weighted by atomic mass is 35.6. The average Bonchev–Trinajstić information content (AvgIpc) is 2.30. The molecule has 0 spiro atoms. The molecule has 74 valence electrons. The van der Waals surface area contributed by atoms with Gasteiger partial charge in [-0.3, -0.25) is 0 Å². The molecular weight excluding hydrogens is 240 g/mol. The number of nitrogens with zero attached hydrogens (tertiary/aromatic N) is 2. The minimum atomic E-state index is -2.06. The number of primary amides is 1. The maximum Gasteiger partial charge on any atom is 0.338 e. The van der Waals surface area contributed by atoms with Gasteiger partial charge in [-0.25, -0.2) is 4.79 Å². The first-order valence-electron chi connectivity index (χ1n) is 3.20. The zero-order valence-electron chi connectivity index (χ0n) is 6.25. The molecule has 1 unspecified atom stereocenters. The lowest BCUT2D eigenvalue weighted by atomic mass is 10.2. The van der Waals surface area contributed by atoms with Crippen LogP contribution < -0.4 is 5.73 Å². The lowest BCUT2D eigenvalue weighted by Gasteiger charge is -2.35. The number of rotatable bonds is 0. The van der Waals surface area contributed by atoms with Crippen LogP contribution in [-0.4, -0.2) is 31.9 Å². The molecule has 1 aliphatic heterocycles. The minimum Gasteiger partial charge on any atom is -0.365 e. The predicted molar refractivity (Wildman–Crippen MR) is 49.8 cm³/mol. The van der Waals surface area contributed by atoms with Crippen LogP contribution in [0.4, 0.5) is 4.79 Å². The van der Waals surface area contributed by atoms with E-state index in [-0.39, 0.29) is 6.42 Å². The van der Waals surface area contributed by atoms with Crippen LogP contribution in [0.15, 0.2) is 5.10 Å². The van der Waals surface area contributed by atoms with Gasteiger partial charge in [0.05, 0.1) is 0 Å². The van der Waals surface area contributed by atoms with Crippen LogP contribution in [0.3, 0.4) is 0 Å². The van der Waals surface area contributed by atoms with Crippen LogP contribution in [0.5, 0.6) is 0 Å². The molecule has 0 saturated heterocycles. The molecule has 0 bridgehead atoms. The summed E-state index contributed by atoms with van der Waals surface area (Å²) in [6.07, 6.45) is 1.17. The number of amides is 2. The Morgan fingerprint density at radius 3 is 2.54 bits per heavy atom. The van der Waals surface area contributed by atoms with Crippen LogP contribution in [0.1, 0.15) is 6.42 Å². The second-order valence-corrected chi connectivity index (χ2v) is 4.75. The van der Waals surface area contributed by atoms with E-state index in [1.807, 2.05) is 0 Å². The number of hydrogen-bond donors (Lipinski definition) is 2. The zero-order valence-corrected chi connectivity index (χ0v) is 8.51. The van der Waals surface area contributed by atoms with Crippen LogP contribution >= 0.6 is 34.8 Å². The van der Waals surface area contributed by atoms with Crippen molar-refractivity contribution in [3.05, 3.63) is 0 Å². The van der Waals surface area contributed by atoms with E-state index in [4.69, 9.17) is 40.5 Å². The number of alkyl halides is 3. The summed E-state index contributed by atoms with van der Waals surface area (Å²) < 4.78 is -2.06. The van der Waals surface area contributed by atoms with Crippen molar-refractivity contribution in [1.82, 2.24) is 5.01 Å². The predicted octanol–water partition coefficient (Wildman–Crippen LogP) is 0.815. The Hall–Kier alpha value is -0.230. The highest BCUT2D eigenvalue weighted by Crippen LogP contribution is 2.44. The smallest absolute Gasteiger partial charge is 0.338 e. The second-order valence-electron chi connectivity index (χ2n) is 2.47. The molecule has 0 radical (unpaired) electrons. The third kappa shape index (κ3) is 1.69. The number of hydrogen-bond acceptors (Lipinski definition) is 3. The summed E-state index contributed by atoms with van der Waals surface area (Å²) in [5.41, 5.74) is 2.91. The van der Waals surface area contributed by atoms with Crippen molar-refractivity contribution in [2.75, 3.05) is 0 Å². The summed E-state index contributed by atoms with van der Waals surface area (Å²) in [5.74, 6) is 0. The van der Waals surface area contributed by atoms with Crippen molar-refractivity contribution in [1.29, 1.82) is 0 Å². The molecule has 0 aromatic carbocycles. The normalized spacial score (nSPS) is 28.2. The summed E-state index contributed by atoms with van der Waals surface area (Å²) in [7, 11) is 0. The molecule has 0 fully saturated rings. The van der Waals surface area contributed by atoms with Gasteiger partial charge in [0.1, 0.15) is 0 Å². The topological polar surface area (TPSA) is 78.9 Å². The number of halogens is 3. The van der Waals surface area contributed by atoms with E-state index in [2.05, 4.69) is 5.10 Å². The molecule has 13 heavy (non-hydrogen) atoms. The van der Waals surface area contributed by atoms with Crippen LogP contribution in [-0.2, 0) is 0 Å². The molecule has 5 nitrogen and oxygen atoms in total. The summed E-state index contributed by atoms with van der Waals surface area (Å²) in [5, 5.41) is 13.8.